The van der Waals surface area contributed by atoms with Gasteiger partial charge in [-0.05, 0) is 12.2 Å². The van der Waals surface area contributed by atoms with E-state index in [1.165, 1.54) is 0 Å². The first-order chi connectivity index (χ1) is 4.22. The molecular formula is C5H10N2OS. The first kappa shape index (κ1) is 6.77. The standard InChI is InChI=1S/C5H10N2OS/c1-6-3-8-4-7(2)5(6)9/h3-4H2,1-2H3. The van der Waals surface area contributed by atoms with E-state index in [0.29, 0.717) is 13.5 Å². The molecule has 0 aromatic carbocycles. The van der Waals surface area contributed by atoms with Crippen LogP contribution in [0, 0.1) is 0 Å². The van der Waals surface area contributed by atoms with Gasteiger partial charge in [-0.1, -0.05) is 0 Å². The highest BCUT2D eigenvalue weighted by molar-refractivity contribution is 7.80. The summed E-state index contributed by atoms with van der Waals surface area (Å²) in [6.45, 7) is 1.23. The van der Waals surface area contributed by atoms with Gasteiger partial charge in [0.15, 0.2) is 5.11 Å². The number of nitrogens with zero attached hydrogens (tertiary/aromatic N) is 2. The molecule has 0 aromatic rings. The minimum atomic E-state index is 0.614. The Balaban J connectivity index is 2.52. The van der Waals surface area contributed by atoms with Crippen LogP contribution in [0.2, 0.25) is 0 Å². The highest BCUT2D eigenvalue weighted by Crippen LogP contribution is 2.00. The van der Waals surface area contributed by atoms with Crippen molar-refractivity contribution in [2.24, 2.45) is 0 Å². The lowest BCUT2D eigenvalue weighted by atomic mass is 10.7. The van der Waals surface area contributed by atoms with E-state index in [9.17, 15) is 0 Å². The van der Waals surface area contributed by atoms with Crippen molar-refractivity contribution in [1.82, 2.24) is 9.80 Å². The Bertz CT molecular complexity index is 116. The van der Waals surface area contributed by atoms with E-state index in [0.717, 1.165) is 5.11 Å². The summed E-state index contributed by atoms with van der Waals surface area (Å²) in [6.07, 6.45) is 0. The van der Waals surface area contributed by atoms with Crippen LogP contribution in [0.5, 0.6) is 0 Å². The van der Waals surface area contributed by atoms with Gasteiger partial charge in [-0.3, -0.25) is 0 Å². The third-order valence-electron chi connectivity index (χ3n) is 1.22. The van der Waals surface area contributed by atoms with Crippen molar-refractivity contribution >= 4 is 17.3 Å². The predicted octanol–water partition coefficient (Wildman–Crippen LogP) is 0.0801. The van der Waals surface area contributed by atoms with Gasteiger partial charge >= 0.3 is 0 Å². The van der Waals surface area contributed by atoms with Gasteiger partial charge in [0.05, 0.1) is 0 Å². The van der Waals surface area contributed by atoms with Gasteiger partial charge in [0.2, 0.25) is 0 Å². The molecule has 1 aliphatic heterocycles. The van der Waals surface area contributed by atoms with Crippen LogP contribution in [0.4, 0.5) is 0 Å². The Labute approximate surface area is 60.2 Å². The molecule has 52 valence electrons. The SMILES string of the molecule is CN1COCN(C)C1=S. The molecule has 0 atom stereocenters. The second-order valence-electron chi connectivity index (χ2n) is 2.14. The molecule has 3 nitrogen and oxygen atoms in total. The van der Waals surface area contributed by atoms with Crippen molar-refractivity contribution in [3.05, 3.63) is 0 Å². The second kappa shape index (κ2) is 2.49. The molecule has 4 heteroatoms. The third kappa shape index (κ3) is 1.31. The Hall–Kier alpha value is -0.350. The minimum Gasteiger partial charge on any atom is -0.341 e. The summed E-state index contributed by atoms with van der Waals surface area (Å²) in [6, 6.07) is 0. The smallest absolute Gasteiger partial charge is 0.174 e. The maximum atomic E-state index is 5.13. The molecule has 1 fully saturated rings. The average Bonchev–Trinajstić information content (AvgIpc) is 1.83. The Morgan fingerprint density at radius 1 is 1.33 bits per heavy atom. The normalized spacial score (nSPS) is 20.9. The van der Waals surface area contributed by atoms with Crippen molar-refractivity contribution in [3.63, 3.8) is 0 Å². The van der Waals surface area contributed by atoms with Gasteiger partial charge in [-0.15, -0.1) is 0 Å². The molecule has 9 heavy (non-hydrogen) atoms. The number of rotatable bonds is 0. The molecule has 1 saturated heterocycles. The van der Waals surface area contributed by atoms with Crippen LogP contribution < -0.4 is 0 Å². The van der Waals surface area contributed by atoms with Gasteiger partial charge < -0.3 is 14.5 Å². The first-order valence-corrected chi connectivity index (χ1v) is 3.16. The maximum absolute atomic E-state index is 5.13. The molecule has 0 unspecified atom stereocenters. The molecule has 0 N–H and O–H groups in total. The summed E-state index contributed by atoms with van der Waals surface area (Å²) < 4.78 is 5.13. The highest BCUT2D eigenvalue weighted by atomic mass is 32.1. The monoisotopic (exact) mass is 146 g/mol. The van der Waals surface area contributed by atoms with Crippen LogP contribution in [0.1, 0.15) is 0 Å². The molecule has 0 bridgehead atoms. The molecule has 0 aromatic heterocycles. The van der Waals surface area contributed by atoms with E-state index in [1.54, 1.807) is 0 Å². The zero-order valence-corrected chi connectivity index (χ0v) is 6.44. The van der Waals surface area contributed by atoms with Crippen LogP contribution in [0.15, 0.2) is 0 Å². The molecule has 0 spiro atoms. The fraction of sp³-hybridized carbons (Fsp3) is 0.800. The lowest BCUT2D eigenvalue weighted by Crippen LogP contribution is -2.46. The summed E-state index contributed by atoms with van der Waals surface area (Å²) in [5, 5.41) is 0.848. The summed E-state index contributed by atoms with van der Waals surface area (Å²) in [4.78, 5) is 3.78. The van der Waals surface area contributed by atoms with Crippen LogP contribution >= 0.6 is 12.2 Å². The molecule has 0 radical (unpaired) electrons. The van der Waals surface area contributed by atoms with E-state index in [2.05, 4.69) is 0 Å². The number of hydrogen-bond acceptors (Lipinski definition) is 2. The Morgan fingerprint density at radius 3 is 2.11 bits per heavy atom. The maximum Gasteiger partial charge on any atom is 0.174 e. The van der Waals surface area contributed by atoms with E-state index >= 15 is 0 Å². The Kier molecular flexibility index (Phi) is 1.87. The van der Waals surface area contributed by atoms with Crippen LogP contribution in [-0.4, -0.2) is 42.5 Å². The summed E-state index contributed by atoms with van der Waals surface area (Å²) >= 11 is 5.02. The summed E-state index contributed by atoms with van der Waals surface area (Å²) in [5.74, 6) is 0. The molecule has 0 saturated carbocycles. The quantitative estimate of drug-likeness (QED) is 0.449. The second-order valence-corrected chi connectivity index (χ2v) is 2.51. The molecule has 0 aliphatic carbocycles. The van der Waals surface area contributed by atoms with Gasteiger partial charge in [-0.2, -0.15) is 0 Å². The van der Waals surface area contributed by atoms with Crippen molar-refractivity contribution in [2.75, 3.05) is 27.6 Å². The van der Waals surface area contributed by atoms with Crippen molar-refractivity contribution in [1.29, 1.82) is 0 Å². The molecule has 1 rings (SSSR count). The van der Waals surface area contributed by atoms with Crippen LogP contribution in [0.25, 0.3) is 0 Å². The zero-order chi connectivity index (χ0) is 6.85. The number of thiocarbonyl (C=S) groups is 1. The van der Waals surface area contributed by atoms with Gasteiger partial charge in [0.25, 0.3) is 0 Å². The molecular weight excluding hydrogens is 136 g/mol. The van der Waals surface area contributed by atoms with Crippen molar-refractivity contribution in [2.45, 2.75) is 0 Å². The van der Waals surface area contributed by atoms with E-state index in [-0.39, 0.29) is 0 Å². The molecule has 1 heterocycles. The van der Waals surface area contributed by atoms with Crippen molar-refractivity contribution in [3.8, 4) is 0 Å². The highest BCUT2D eigenvalue weighted by Gasteiger charge is 2.14. The van der Waals surface area contributed by atoms with E-state index in [1.807, 2.05) is 23.9 Å². The lowest BCUT2D eigenvalue weighted by Gasteiger charge is -2.33. The average molecular weight is 146 g/mol. The number of ether oxygens (including phenoxy) is 1. The van der Waals surface area contributed by atoms with Crippen LogP contribution in [0.3, 0.4) is 0 Å². The van der Waals surface area contributed by atoms with E-state index in [4.69, 9.17) is 17.0 Å². The van der Waals surface area contributed by atoms with E-state index < -0.39 is 0 Å². The first-order valence-electron chi connectivity index (χ1n) is 2.76. The number of hydrogen-bond donors (Lipinski definition) is 0. The Morgan fingerprint density at radius 2 is 1.78 bits per heavy atom. The predicted molar refractivity (Wildman–Crippen MR) is 38.9 cm³/mol. The summed E-state index contributed by atoms with van der Waals surface area (Å²) in [5.41, 5.74) is 0. The van der Waals surface area contributed by atoms with Crippen molar-refractivity contribution < 1.29 is 4.74 Å². The van der Waals surface area contributed by atoms with Gasteiger partial charge in [0, 0.05) is 14.1 Å². The zero-order valence-electron chi connectivity index (χ0n) is 5.63. The third-order valence-corrected chi connectivity index (χ3v) is 1.85. The van der Waals surface area contributed by atoms with Crippen LogP contribution in [-0.2, 0) is 4.74 Å². The molecule has 1 aliphatic rings. The largest absolute Gasteiger partial charge is 0.341 e. The molecule has 0 amide bonds. The fourth-order valence-electron chi connectivity index (χ4n) is 0.717. The summed E-state index contributed by atoms with van der Waals surface area (Å²) in [7, 11) is 3.83. The lowest BCUT2D eigenvalue weighted by molar-refractivity contribution is -0.00552. The fourth-order valence-corrected chi connectivity index (χ4v) is 0.822. The topological polar surface area (TPSA) is 15.7 Å². The van der Waals surface area contributed by atoms with Gasteiger partial charge in [-0.25, -0.2) is 0 Å². The van der Waals surface area contributed by atoms with Gasteiger partial charge in [0.1, 0.15) is 13.5 Å². The minimum absolute atomic E-state index is 0.614.